The van der Waals surface area contributed by atoms with Gasteiger partial charge in [-0.2, -0.15) is 0 Å². The zero-order valence-corrected chi connectivity index (χ0v) is 10.1. The Morgan fingerprint density at radius 3 is 2.74 bits per heavy atom. The summed E-state index contributed by atoms with van der Waals surface area (Å²) in [5.41, 5.74) is 0.547. The van der Waals surface area contributed by atoms with Gasteiger partial charge in [0.25, 0.3) is 0 Å². The van der Waals surface area contributed by atoms with E-state index in [1.54, 1.807) is 0 Å². The van der Waals surface area contributed by atoms with Gasteiger partial charge in [0, 0.05) is 11.6 Å². The Kier molecular flexibility index (Phi) is 4.38. The molecule has 2 rings (SSSR count). The van der Waals surface area contributed by atoms with E-state index in [1.807, 2.05) is 30.3 Å². The van der Waals surface area contributed by atoms with E-state index in [9.17, 15) is 4.79 Å². The number of hydrogen-bond donors (Lipinski definition) is 1. The van der Waals surface area contributed by atoms with Crippen LogP contribution in [0.25, 0.3) is 0 Å². The van der Waals surface area contributed by atoms with Crippen LogP contribution in [0.3, 0.4) is 0 Å². The minimum absolute atomic E-state index is 0.0829. The maximum absolute atomic E-state index is 11.5. The quantitative estimate of drug-likeness (QED) is 0.847. The monoisotopic (exact) mass is 256 g/mol. The third-order valence-corrected chi connectivity index (χ3v) is 2.31. The predicted octanol–water partition coefficient (Wildman–Crippen LogP) is 1.56. The first-order valence-corrected chi connectivity index (χ1v) is 5.69. The van der Waals surface area contributed by atoms with Crippen molar-refractivity contribution in [2.75, 3.05) is 6.61 Å². The zero-order valence-electron chi connectivity index (χ0n) is 10.1. The van der Waals surface area contributed by atoms with Gasteiger partial charge < -0.3 is 14.3 Å². The van der Waals surface area contributed by atoms with Crippen LogP contribution in [-0.4, -0.2) is 11.7 Å². The third kappa shape index (κ3) is 3.73. The number of ether oxygens (including phenoxy) is 1. The molecular formula is C15H12O4. The Morgan fingerprint density at radius 2 is 2.05 bits per heavy atom. The van der Waals surface area contributed by atoms with E-state index in [0.717, 1.165) is 5.56 Å². The molecule has 1 aromatic heterocycles. The van der Waals surface area contributed by atoms with Crippen molar-refractivity contribution < 1.29 is 14.3 Å². The molecular weight excluding hydrogens is 244 g/mol. The average Bonchev–Trinajstić information content (AvgIpc) is 2.46. The van der Waals surface area contributed by atoms with E-state index < -0.39 is 0 Å². The van der Waals surface area contributed by atoms with Crippen LogP contribution in [0, 0.1) is 11.8 Å². The van der Waals surface area contributed by atoms with Crippen LogP contribution in [0.5, 0.6) is 5.75 Å². The summed E-state index contributed by atoms with van der Waals surface area (Å²) in [5, 5.41) is 8.80. The van der Waals surface area contributed by atoms with E-state index in [2.05, 4.69) is 11.8 Å². The standard InChI is InChI=1S/C15H12O4/c16-10-13-9-14(17)15(11-19-13)18-8-4-7-12-5-2-1-3-6-12/h1-3,5-6,9,11,16H,8,10H2. The van der Waals surface area contributed by atoms with Crippen molar-refractivity contribution in [2.24, 2.45) is 0 Å². The van der Waals surface area contributed by atoms with E-state index in [4.69, 9.17) is 14.3 Å². The Morgan fingerprint density at radius 1 is 1.26 bits per heavy atom. The lowest BCUT2D eigenvalue weighted by atomic mass is 10.2. The van der Waals surface area contributed by atoms with E-state index in [0.29, 0.717) is 0 Å². The Labute approximate surface area is 110 Å². The van der Waals surface area contributed by atoms with Crippen molar-refractivity contribution in [1.82, 2.24) is 0 Å². The first-order valence-electron chi connectivity index (χ1n) is 5.69. The molecule has 0 atom stereocenters. The Hall–Kier alpha value is -2.51. The van der Waals surface area contributed by atoms with Crippen molar-refractivity contribution in [3.8, 4) is 17.6 Å². The molecule has 0 unspecified atom stereocenters. The lowest BCUT2D eigenvalue weighted by Crippen LogP contribution is -2.08. The summed E-state index contributed by atoms with van der Waals surface area (Å²) in [6.45, 7) is -0.221. The van der Waals surface area contributed by atoms with E-state index in [1.165, 1.54) is 12.3 Å². The van der Waals surface area contributed by atoms with Gasteiger partial charge >= 0.3 is 0 Å². The summed E-state index contributed by atoms with van der Waals surface area (Å²) in [7, 11) is 0. The first kappa shape index (κ1) is 12.9. The Bertz CT molecular complexity index is 647. The molecule has 96 valence electrons. The largest absolute Gasteiger partial charge is 0.474 e. The number of aliphatic hydroxyl groups excluding tert-OH is 1. The highest BCUT2D eigenvalue weighted by atomic mass is 16.5. The molecule has 0 radical (unpaired) electrons. The Balaban J connectivity index is 1.97. The van der Waals surface area contributed by atoms with Crippen molar-refractivity contribution in [1.29, 1.82) is 0 Å². The molecule has 0 spiro atoms. The molecule has 0 aliphatic rings. The molecule has 0 saturated carbocycles. The second-order valence-corrected chi connectivity index (χ2v) is 3.69. The van der Waals surface area contributed by atoms with Crippen molar-refractivity contribution >= 4 is 0 Å². The minimum atomic E-state index is -0.336. The molecule has 1 heterocycles. The molecule has 0 aliphatic carbocycles. The number of benzene rings is 1. The van der Waals surface area contributed by atoms with Crippen LogP contribution in [-0.2, 0) is 6.61 Å². The smallest absolute Gasteiger partial charge is 0.227 e. The molecule has 0 aliphatic heterocycles. The summed E-state index contributed by atoms with van der Waals surface area (Å²) < 4.78 is 10.2. The molecule has 0 amide bonds. The summed E-state index contributed by atoms with van der Waals surface area (Å²) in [6, 6.07) is 10.7. The molecule has 0 saturated heterocycles. The van der Waals surface area contributed by atoms with Crippen LogP contribution in [0.2, 0.25) is 0 Å². The van der Waals surface area contributed by atoms with Gasteiger partial charge in [-0.15, -0.1) is 0 Å². The van der Waals surface area contributed by atoms with E-state index >= 15 is 0 Å². The predicted molar refractivity (Wildman–Crippen MR) is 69.7 cm³/mol. The summed E-state index contributed by atoms with van der Waals surface area (Å²) in [6.07, 6.45) is 1.18. The van der Waals surface area contributed by atoms with Crippen molar-refractivity contribution in [3.05, 3.63) is 64.2 Å². The molecule has 1 aromatic carbocycles. The van der Waals surface area contributed by atoms with Crippen LogP contribution in [0.15, 0.2) is 51.9 Å². The SMILES string of the molecule is O=c1cc(CO)occ1OCC#Cc1ccccc1. The van der Waals surface area contributed by atoms with Crippen LogP contribution < -0.4 is 10.2 Å². The second kappa shape index (κ2) is 6.43. The van der Waals surface area contributed by atoms with Gasteiger partial charge in [-0.3, -0.25) is 4.79 Å². The highest BCUT2D eigenvalue weighted by Gasteiger charge is 2.02. The molecule has 19 heavy (non-hydrogen) atoms. The number of hydrogen-bond acceptors (Lipinski definition) is 4. The van der Waals surface area contributed by atoms with Crippen LogP contribution >= 0.6 is 0 Å². The lowest BCUT2D eigenvalue weighted by molar-refractivity contribution is 0.239. The summed E-state index contributed by atoms with van der Waals surface area (Å²) in [5.74, 6) is 6.00. The van der Waals surface area contributed by atoms with Crippen LogP contribution in [0.4, 0.5) is 0 Å². The third-order valence-electron chi connectivity index (χ3n) is 2.31. The molecule has 2 aromatic rings. The minimum Gasteiger partial charge on any atom is -0.474 e. The molecule has 4 nitrogen and oxygen atoms in total. The fraction of sp³-hybridized carbons (Fsp3) is 0.133. The van der Waals surface area contributed by atoms with Gasteiger partial charge in [-0.25, -0.2) is 0 Å². The van der Waals surface area contributed by atoms with Gasteiger partial charge in [-0.05, 0) is 12.1 Å². The second-order valence-electron chi connectivity index (χ2n) is 3.69. The van der Waals surface area contributed by atoms with Gasteiger partial charge in [0.05, 0.1) is 0 Å². The normalized spacial score (nSPS) is 9.53. The number of aliphatic hydroxyl groups is 1. The number of rotatable bonds is 3. The van der Waals surface area contributed by atoms with Crippen LogP contribution in [0.1, 0.15) is 11.3 Å². The highest BCUT2D eigenvalue weighted by molar-refractivity contribution is 5.33. The average molecular weight is 256 g/mol. The molecule has 4 heteroatoms. The fourth-order valence-corrected chi connectivity index (χ4v) is 1.40. The molecule has 0 bridgehead atoms. The van der Waals surface area contributed by atoms with Gasteiger partial charge in [0.15, 0.2) is 0 Å². The highest BCUT2D eigenvalue weighted by Crippen LogP contribution is 2.05. The molecule has 0 fully saturated rings. The van der Waals surface area contributed by atoms with Gasteiger partial charge in [0.1, 0.15) is 25.2 Å². The first-order chi connectivity index (χ1) is 9.29. The summed E-state index contributed by atoms with van der Waals surface area (Å²) in [4.78, 5) is 11.5. The maximum Gasteiger partial charge on any atom is 0.227 e. The van der Waals surface area contributed by atoms with E-state index in [-0.39, 0.29) is 30.2 Å². The topological polar surface area (TPSA) is 59.7 Å². The maximum atomic E-state index is 11.5. The molecule has 1 N–H and O–H groups in total. The summed E-state index contributed by atoms with van der Waals surface area (Å²) >= 11 is 0. The van der Waals surface area contributed by atoms with Crippen molar-refractivity contribution in [3.63, 3.8) is 0 Å². The fourth-order valence-electron chi connectivity index (χ4n) is 1.40. The lowest BCUT2D eigenvalue weighted by Gasteiger charge is -2.00. The van der Waals surface area contributed by atoms with Crippen molar-refractivity contribution in [2.45, 2.75) is 6.61 Å². The van der Waals surface area contributed by atoms with Gasteiger partial charge in [0.2, 0.25) is 11.2 Å². The van der Waals surface area contributed by atoms with Gasteiger partial charge in [-0.1, -0.05) is 30.0 Å². The zero-order chi connectivity index (χ0) is 13.5.